The molecule has 4 heterocycles. The maximum absolute atomic E-state index is 12.7. The van der Waals surface area contributed by atoms with Gasteiger partial charge in [-0.2, -0.15) is 0 Å². The van der Waals surface area contributed by atoms with Crippen LogP contribution in [0.1, 0.15) is 30.1 Å². The van der Waals surface area contributed by atoms with Crippen LogP contribution >= 0.6 is 0 Å². The third kappa shape index (κ3) is 3.76. The Morgan fingerprint density at radius 2 is 1.81 bits per heavy atom. The van der Waals surface area contributed by atoms with Crippen molar-refractivity contribution in [2.75, 3.05) is 20.2 Å². The molecule has 1 amide bonds. The molecular weight excluding hydrogens is 342 g/mol. The Hall–Kier alpha value is -2.60. The Balaban J connectivity index is 1.38. The van der Waals surface area contributed by atoms with Crippen LogP contribution in [0, 0.1) is 5.92 Å². The molecule has 3 fully saturated rings. The van der Waals surface area contributed by atoms with Crippen LogP contribution in [0.25, 0.3) is 0 Å². The van der Waals surface area contributed by atoms with Crippen LogP contribution < -0.4 is 14.8 Å². The lowest BCUT2D eigenvalue weighted by Gasteiger charge is -2.49. The molecule has 27 heavy (non-hydrogen) atoms. The lowest BCUT2D eigenvalue weighted by molar-refractivity contribution is 0.0217. The van der Waals surface area contributed by atoms with Gasteiger partial charge in [-0.05, 0) is 69.1 Å². The molecule has 1 N–H and O–H groups in total. The van der Waals surface area contributed by atoms with Crippen molar-refractivity contribution in [1.29, 1.82) is 0 Å². The molecule has 0 spiro atoms. The molecule has 0 saturated carbocycles. The maximum Gasteiger partial charge on any atom is 0.251 e. The molecule has 3 aliphatic rings. The highest BCUT2D eigenvalue weighted by molar-refractivity contribution is 5.94. The normalized spacial score (nSPS) is 26.4. The standard InChI is InChI=1S/C21H25N3O3/c1-14-20(15-9-11-24(14)12-10-15)23-21(25)16-3-5-17(6-4-16)27-19-8-7-18(26-2)13-22-19/h3-8,13-15,20H,9-12H2,1-2H3,(H,23,25). The largest absolute Gasteiger partial charge is 0.495 e. The van der Waals surface area contributed by atoms with Gasteiger partial charge in [0.1, 0.15) is 11.5 Å². The first kappa shape index (κ1) is 17.8. The van der Waals surface area contributed by atoms with Crippen LogP contribution in [-0.4, -0.2) is 48.1 Å². The average molecular weight is 367 g/mol. The smallest absolute Gasteiger partial charge is 0.251 e. The summed E-state index contributed by atoms with van der Waals surface area (Å²) < 4.78 is 10.8. The van der Waals surface area contributed by atoms with Gasteiger partial charge in [0.05, 0.1) is 13.3 Å². The number of hydrogen-bond acceptors (Lipinski definition) is 5. The van der Waals surface area contributed by atoms with Gasteiger partial charge in [-0.3, -0.25) is 9.69 Å². The lowest BCUT2D eigenvalue weighted by Crippen LogP contribution is -2.62. The second-order valence-corrected chi connectivity index (χ2v) is 7.28. The van der Waals surface area contributed by atoms with Gasteiger partial charge in [-0.25, -0.2) is 4.98 Å². The lowest BCUT2D eigenvalue weighted by atomic mass is 9.79. The van der Waals surface area contributed by atoms with E-state index in [0.717, 1.165) is 13.1 Å². The number of benzene rings is 1. The summed E-state index contributed by atoms with van der Waals surface area (Å²) in [6.45, 7) is 4.53. The fraction of sp³-hybridized carbons (Fsp3) is 0.429. The van der Waals surface area contributed by atoms with Crippen molar-refractivity contribution in [1.82, 2.24) is 15.2 Å². The molecule has 2 aromatic rings. The zero-order valence-corrected chi connectivity index (χ0v) is 15.7. The summed E-state index contributed by atoms with van der Waals surface area (Å²) in [6, 6.07) is 11.3. The van der Waals surface area contributed by atoms with E-state index in [9.17, 15) is 4.79 Å². The molecule has 0 radical (unpaired) electrons. The average Bonchev–Trinajstić information content (AvgIpc) is 2.72. The molecule has 6 nitrogen and oxygen atoms in total. The van der Waals surface area contributed by atoms with E-state index in [0.29, 0.717) is 34.9 Å². The van der Waals surface area contributed by atoms with Gasteiger partial charge in [0.15, 0.2) is 0 Å². The Morgan fingerprint density at radius 1 is 1.11 bits per heavy atom. The fourth-order valence-corrected chi connectivity index (χ4v) is 4.12. The van der Waals surface area contributed by atoms with Crippen LogP contribution in [0.4, 0.5) is 0 Å². The van der Waals surface area contributed by atoms with Gasteiger partial charge in [0.25, 0.3) is 5.91 Å². The Morgan fingerprint density at radius 3 is 2.41 bits per heavy atom. The minimum Gasteiger partial charge on any atom is -0.495 e. The molecule has 2 bridgehead atoms. The molecule has 1 aromatic heterocycles. The molecule has 3 saturated heterocycles. The van der Waals surface area contributed by atoms with Gasteiger partial charge in [0.2, 0.25) is 5.88 Å². The van der Waals surface area contributed by atoms with Crippen molar-refractivity contribution in [3.05, 3.63) is 48.2 Å². The number of carbonyl (C=O) groups excluding carboxylic acids is 1. The van der Waals surface area contributed by atoms with E-state index >= 15 is 0 Å². The quantitative estimate of drug-likeness (QED) is 0.880. The van der Waals surface area contributed by atoms with Crippen LogP contribution in [-0.2, 0) is 0 Å². The Bertz CT molecular complexity index is 781. The summed E-state index contributed by atoms with van der Waals surface area (Å²) in [4.78, 5) is 19.3. The number of aromatic nitrogens is 1. The van der Waals surface area contributed by atoms with Gasteiger partial charge < -0.3 is 14.8 Å². The molecule has 1 aromatic carbocycles. The van der Waals surface area contributed by atoms with Crippen molar-refractivity contribution in [3.63, 3.8) is 0 Å². The zero-order valence-electron chi connectivity index (χ0n) is 15.7. The molecule has 142 valence electrons. The number of amides is 1. The van der Waals surface area contributed by atoms with E-state index in [1.54, 1.807) is 49.7 Å². The molecule has 6 heteroatoms. The predicted molar refractivity (Wildman–Crippen MR) is 102 cm³/mol. The van der Waals surface area contributed by atoms with Crippen molar-refractivity contribution in [2.45, 2.75) is 31.8 Å². The second-order valence-electron chi connectivity index (χ2n) is 7.28. The van der Waals surface area contributed by atoms with E-state index in [1.807, 2.05) is 0 Å². The third-order valence-corrected chi connectivity index (χ3v) is 5.76. The molecule has 0 aliphatic carbocycles. The highest BCUT2D eigenvalue weighted by Gasteiger charge is 2.40. The van der Waals surface area contributed by atoms with Crippen molar-refractivity contribution < 1.29 is 14.3 Å². The minimum absolute atomic E-state index is 0.0188. The van der Waals surface area contributed by atoms with Crippen LogP contribution in [0.15, 0.2) is 42.6 Å². The fourth-order valence-electron chi connectivity index (χ4n) is 4.12. The number of ether oxygens (including phenoxy) is 2. The highest BCUT2D eigenvalue weighted by atomic mass is 16.5. The number of nitrogens with zero attached hydrogens (tertiary/aromatic N) is 2. The topological polar surface area (TPSA) is 63.7 Å². The molecule has 2 atom stereocenters. The van der Waals surface area contributed by atoms with Gasteiger partial charge in [0, 0.05) is 23.7 Å². The van der Waals surface area contributed by atoms with Crippen molar-refractivity contribution >= 4 is 5.91 Å². The number of methoxy groups -OCH3 is 1. The first-order valence-electron chi connectivity index (χ1n) is 9.47. The van der Waals surface area contributed by atoms with Gasteiger partial charge in [-0.15, -0.1) is 0 Å². The Labute approximate surface area is 159 Å². The SMILES string of the molecule is COc1ccc(Oc2ccc(C(=O)NC3C4CCN(CC4)C3C)cc2)nc1. The number of rotatable bonds is 5. The van der Waals surface area contributed by atoms with Crippen LogP contribution in [0.2, 0.25) is 0 Å². The summed E-state index contributed by atoms with van der Waals surface area (Å²) in [5, 5.41) is 3.25. The molecule has 3 aliphatic heterocycles. The number of fused-ring (bicyclic) bond motifs is 3. The number of hydrogen-bond donors (Lipinski definition) is 1. The summed E-state index contributed by atoms with van der Waals surface area (Å²) in [7, 11) is 1.60. The van der Waals surface area contributed by atoms with E-state index < -0.39 is 0 Å². The number of carbonyl (C=O) groups is 1. The van der Waals surface area contributed by atoms with Gasteiger partial charge in [-0.1, -0.05) is 0 Å². The summed E-state index contributed by atoms with van der Waals surface area (Å²) in [5.74, 6) is 2.37. The van der Waals surface area contributed by atoms with Crippen LogP contribution in [0.5, 0.6) is 17.4 Å². The second kappa shape index (κ2) is 7.56. The van der Waals surface area contributed by atoms with E-state index in [-0.39, 0.29) is 11.9 Å². The van der Waals surface area contributed by atoms with Crippen molar-refractivity contribution in [3.8, 4) is 17.4 Å². The van der Waals surface area contributed by atoms with E-state index in [4.69, 9.17) is 9.47 Å². The maximum atomic E-state index is 12.7. The predicted octanol–water partition coefficient (Wildman–Crippen LogP) is 3.10. The number of pyridine rings is 1. The summed E-state index contributed by atoms with van der Waals surface area (Å²) in [5.41, 5.74) is 0.647. The summed E-state index contributed by atoms with van der Waals surface area (Å²) >= 11 is 0. The first-order valence-corrected chi connectivity index (χ1v) is 9.47. The monoisotopic (exact) mass is 367 g/mol. The summed E-state index contributed by atoms with van der Waals surface area (Å²) in [6.07, 6.45) is 3.96. The van der Waals surface area contributed by atoms with E-state index in [2.05, 4.69) is 22.1 Å². The Kier molecular flexibility index (Phi) is 4.99. The highest BCUT2D eigenvalue weighted by Crippen LogP contribution is 2.32. The third-order valence-electron chi connectivity index (χ3n) is 5.76. The van der Waals surface area contributed by atoms with Crippen LogP contribution in [0.3, 0.4) is 0 Å². The minimum atomic E-state index is -0.0188. The molecule has 2 unspecified atom stereocenters. The molecular formula is C21H25N3O3. The number of piperidine rings is 3. The van der Waals surface area contributed by atoms with E-state index in [1.165, 1.54) is 12.8 Å². The molecule has 5 rings (SSSR count). The zero-order chi connectivity index (χ0) is 18.8. The first-order chi connectivity index (χ1) is 13.1. The van der Waals surface area contributed by atoms with Crippen molar-refractivity contribution in [2.24, 2.45) is 5.92 Å². The number of nitrogens with one attached hydrogen (secondary N) is 1. The van der Waals surface area contributed by atoms with Gasteiger partial charge >= 0.3 is 0 Å².